The number of ether oxygens (including phenoxy) is 1. The molecule has 0 rings (SSSR count). The lowest BCUT2D eigenvalue weighted by atomic mass is 10.1. The Morgan fingerprint density at radius 1 is 1.33 bits per heavy atom. The largest absolute Gasteiger partial charge is 0.381 e. The van der Waals surface area contributed by atoms with E-state index in [2.05, 4.69) is 26.0 Å². The first-order chi connectivity index (χ1) is 5.81. The molecule has 0 radical (unpaired) electrons. The van der Waals surface area contributed by atoms with Gasteiger partial charge in [-0.2, -0.15) is 0 Å². The maximum absolute atomic E-state index is 5.46. The first-order valence-electron chi connectivity index (χ1n) is 5.00. The summed E-state index contributed by atoms with van der Waals surface area (Å²) in [6.45, 7) is 8.34. The van der Waals surface area contributed by atoms with Crippen molar-refractivity contribution in [2.24, 2.45) is 5.92 Å². The van der Waals surface area contributed by atoms with Gasteiger partial charge in [0.1, 0.15) is 0 Å². The van der Waals surface area contributed by atoms with E-state index in [1.165, 1.54) is 12.8 Å². The van der Waals surface area contributed by atoms with Gasteiger partial charge in [0.2, 0.25) is 0 Å². The number of rotatable bonds is 7. The van der Waals surface area contributed by atoms with Crippen molar-refractivity contribution in [2.75, 3.05) is 13.2 Å². The van der Waals surface area contributed by atoms with Crippen molar-refractivity contribution in [2.45, 2.75) is 40.0 Å². The Morgan fingerprint density at radius 2 is 2.08 bits per heavy atom. The normalized spacial score (nSPS) is 13.9. The maximum atomic E-state index is 5.46. The fraction of sp³-hybridized carbons (Fsp3) is 0.818. The summed E-state index contributed by atoms with van der Waals surface area (Å²) in [5.41, 5.74) is 0. The van der Waals surface area contributed by atoms with Crippen molar-refractivity contribution < 1.29 is 4.74 Å². The van der Waals surface area contributed by atoms with E-state index in [0.717, 1.165) is 25.6 Å². The number of allylic oxidation sites excluding steroid dienone is 1. The molecule has 12 heavy (non-hydrogen) atoms. The van der Waals surface area contributed by atoms with Crippen molar-refractivity contribution >= 4 is 0 Å². The summed E-state index contributed by atoms with van der Waals surface area (Å²) in [7, 11) is 0. The zero-order valence-electron chi connectivity index (χ0n) is 8.68. The van der Waals surface area contributed by atoms with Crippen LogP contribution in [0.5, 0.6) is 0 Å². The van der Waals surface area contributed by atoms with Crippen LogP contribution in [0, 0.1) is 5.92 Å². The van der Waals surface area contributed by atoms with E-state index in [0.29, 0.717) is 0 Å². The van der Waals surface area contributed by atoms with E-state index >= 15 is 0 Å². The molecule has 0 spiro atoms. The highest BCUT2D eigenvalue weighted by atomic mass is 16.5. The minimum absolute atomic E-state index is 0.812. The van der Waals surface area contributed by atoms with Gasteiger partial charge in [-0.25, -0.2) is 0 Å². The average Bonchev–Trinajstić information content (AvgIpc) is 2.10. The second-order valence-electron chi connectivity index (χ2n) is 3.27. The third-order valence-corrected chi connectivity index (χ3v) is 2.12. The van der Waals surface area contributed by atoms with Gasteiger partial charge < -0.3 is 4.74 Å². The van der Waals surface area contributed by atoms with Crippen LogP contribution in [0.15, 0.2) is 12.2 Å². The highest BCUT2D eigenvalue weighted by Crippen LogP contribution is 2.05. The molecule has 1 unspecified atom stereocenters. The summed E-state index contributed by atoms with van der Waals surface area (Å²) in [5, 5.41) is 0. The Labute approximate surface area is 76.8 Å². The van der Waals surface area contributed by atoms with E-state index in [1.54, 1.807) is 0 Å². The molecule has 0 saturated heterocycles. The number of hydrogen-bond acceptors (Lipinski definition) is 1. The van der Waals surface area contributed by atoms with E-state index < -0.39 is 0 Å². The average molecular weight is 170 g/mol. The Morgan fingerprint density at radius 3 is 2.67 bits per heavy atom. The van der Waals surface area contributed by atoms with Gasteiger partial charge in [0, 0.05) is 6.61 Å². The van der Waals surface area contributed by atoms with E-state index in [1.807, 2.05) is 6.92 Å². The lowest BCUT2D eigenvalue weighted by Crippen LogP contribution is -2.01. The first kappa shape index (κ1) is 11.7. The zero-order chi connectivity index (χ0) is 9.23. The molecular formula is C11H22O. The first-order valence-corrected chi connectivity index (χ1v) is 5.00. The van der Waals surface area contributed by atoms with Crippen LogP contribution in [0.3, 0.4) is 0 Å². The summed E-state index contributed by atoms with van der Waals surface area (Å²) < 4.78 is 5.46. The Hall–Kier alpha value is -0.300. The summed E-state index contributed by atoms with van der Waals surface area (Å²) in [5.74, 6) is 0.812. The van der Waals surface area contributed by atoms with Gasteiger partial charge in [0.15, 0.2) is 0 Å². The fourth-order valence-electron chi connectivity index (χ4n) is 0.909. The third kappa shape index (κ3) is 7.80. The van der Waals surface area contributed by atoms with Gasteiger partial charge in [-0.15, -0.1) is 0 Å². The molecule has 0 aliphatic carbocycles. The predicted octanol–water partition coefficient (Wildman–Crippen LogP) is 3.41. The van der Waals surface area contributed by atoms with Gasteiger partial charge >= 0.3 is 0 Å². The predicted molar refractivity (Wildman–Crippen MR) is 54.3 cm³/mol. The highest BCUT2D eigenvalue weighted by molar-refractivity contribution is 4.75. The Balaban J connectivity index is 3.00. The standard InChI is InChI=1S/C11H22O/c1-4-6-7-9-12-10-8-11(3)5-2/h4,6,11H,5,7-10H2,1-3H3/b6-4-. The van der Waals surface area contributed by atoms with Crippen molar-refractivity contribution in [3.05, 3.63) is 12.2 Å². The second-order valence-corrected chi connectivity index (χ2v) is 3.27. The van der Waals surface area contributed by atoms with Crippen molar-refractivity contribution in [1.29, 1.82) is 0 Å². The van der Waals surface area contributed by atoms with Crippen molar-refractivity contribution in [3.63, 3.8) is 0 Å². The molecule has 72 valence electrons. The molecule has 0 N–H and O–H groups in total. The molecular weight excluding hydrogens is 148 g/mol. The van der Waals surface area contributed by atoms with Gasteiger partial charge in [-0.1, -0.05) is 32.4 Å². The van der Waals surface area contributed by atoms with Gasteiger partial charge in [-0.3, -0.25) is 0 Å². The molecule has 0 bridgehead atoms. The maximum Gasteiger partial charge on any atom is 0.0500 e. The van der Waals surface area contributed by atoms with Crippen LogP contribution in [0.2, 0.25) is 0 Å². The highest BCUT2D eigenvalue weighted by Gasteiger charge is 1.96. The summed E-state index contributed by atoms with van der Waals surface area (Å²) in [6.07, 6.45) is 7.73. The lowest BCUT2D eigenvalue weighted by Gasteiger charge is -2.07. The molecule has 0 aromatic rings. The second kappa shape index (κ2) is 8.79. The zero-order valence-corrected chi connectivity index (χ0v) is 8.68. The molecule has 0 aromatic heterocycles. The van der Waals surface area contributed by atoms with Gasteiger partial charge in [0.25, 0.3) is 0 Å². The van der Waals surface area contributed by atoms with Crippen LogP contribution in [-0.2, 0) is 4.74 Å². The quantitative estimate of drug-likeness (QED) is 0.420. The molecule has 0 aliphatic rings. The van der Waals surface area contributed by atoms with E-state index in [-0.39, 0.29) is 0 Å². The third-order valence-electron chi connectivity index (χ3n) is 2.12. The number of hydrogen-bond donors (Lipinski definition) is 0. The monoisotopic (exact) mass is 170 g/mol. The lowest BCUT2D eigenvalue weighted by molar-refractivity contribution is 0.125. The Kier molecular flexibility index (Phi) is 8.57. The molecule has 0 amide bonds. The van der Waals surface area contributed by atoms with Crippen LogP contribution < -0.4 is 0 Å². The molecule has 1 atom stereocenters. The van der Waals surface area contributed by atoms with Crippen molar-refractivity contribution in [3.8, 4) is 0 Å². The van der Waals surface area contributed by atoms with E-state index in [9.17, 15) is 0 Å². The van der Waals surface area contributed by atoms with E-state index in [4.69, 9.17) is 4.74 Å². The minimum Gasteiger partial charge on any atom is -0.381 e. The Bertz CT molecular complexity index is 108. The van der Waals surface area contributed by atoms with Crippen LogP contribution in [0.1, 0.15) is 40.0 Å². The molecule has 1 heteroatoms. The smallest absolute Gasteiger partial charge is 0.0500 e. The fourth-order valence-corrected chi connectivity index (χ4v) is 0.909. The minimum atomic E-state index is 0.812. The topological polar surface area (TPSA) is 9.23 Å². The molecule has 0 fully saturated rings. The molecule has 0 aromatic carbocycles. The van der Waals surface area contributed by atoms with Crippen LogP contribution in [0.25, 0.3) is 0 Å². The molecule has 0 saturated carbocycles. The summed E-state index contributed by atoms with van der Waals surface area (Å²) in [4.78, 5) is 0. The van der Waals surface area contributed by atoms with Crippen molar-refractivity contribution in [1.82, 2.24) is 0 Å². The van der Waals surface area contributed by atoms with Gasteiger partial charge in [0.05, 0.1) is 6.61 Å². The van der Waals surface area contributed by atoms with Crippen LogP contribution in [0.4, 0.5) is 0 Å². The molecule has 0 aliphatic heterocycles. The molecule has 0 heterocycles. The van der Waals surface area contributed by atoms with Crippen LogP contribution in [-0.4, -0.2) is 13.2 Å². The summed E-state index contributed by atoms with van der Waals surface area (Å²) in [6, 6.07) is 0. The van der Waals surface area contributed by atoms with Gasteiger partial charge in [-0.05, 0) is 25.7 Å². The molecule has 1 nitrogen and oxygen atoms in total. The van der Waals surface area contributed by atoms with Crippen LogP contribution >= 0.6 is 0 Å². The SMILES string of the molecule is C/C=C\CCOCCC(C)CC. The summed E-state index contributed by atoms with van der Waals surface area (Å²) >= 11 is 0.